The summed E-state index contributed by atoms with van der Waals surface area (Å²) in [7, 11) is 0. The first-order valence-electron chi connectivity index (χ1n) is 12.5. The third-order valence-electron chi connectivity index (χ3n) is 7.10. The summed E-state index contributed by atoms with van der Waals surface area (Å²) in [6, 6.07) is 28.1. The Labute approximate surface area is 207 Å². The summed E-state index contributed by atoms with van der Waals surface area (Å²) in [6.45, 7) is 6.05. The maximum absolute atomic E-state index is 10.2. The standard InChI is InChI=1S/C30H32N4O/c1-2-15-35-23-34-29-17-26(19-31)28(16-27(29)20-32-34)30(18-24-9-5-3-6-10-24)13-14-33(22-30)21-25-11-7-4-8-12-25/h3-12,16-17,20H,2,13-15,18,21-23H2,1H3. The van der Waals surface area contributed by atoms with E-state index in [-0.39, 0.29) is 5.41 Å². The number of ether oxygens (including phenoxy) is 1. The van der Waals surface area contributed by atoms with Crippen LogP contribution >= 0.6 is 0 Å². The van der Waals surface area contributed by atoms with Gasteiger partial charge in [-0.3, -0.25) is 4.90 Å². The molecule has 1 fully saturated rings. The number of rotatable bonds is 9. The van der Waals surface area contributed by atoms with Crippen molar-refractivity contribution >= 4 is 10.9 Å². The van der Waals surface area contributed by atoms with E-state index in [9.17, 15) is 5.26 Å². The van der Waals surface area contributed by atoms with Crippen molar-refractivity contribution in [3.05, 3.63) is 101 Å². The van der Waals surface area contributed by atoms with Crippen LogP contribution in [0.3, 0.4) is 0 Å². The molecular formula is C30H32N4O. The van der Waals surface area contributed by atoms with Crippen molar-refractivity contribution < 1.29 is 4.74 Å². The van der Waals surface area contributed by atoms with E-state index in [1.807, 2.05) is 16.9 Å². The van der Waals surface area contributed by atoms with E-state index >= 15 is 0 Å². The monoisotopic (exact) mass is 464 g/mol. The van der Waals surface area contributed by atoms with Crippen LogP contribution in [-0.4, -0.2) is 34.4 Å². The molecule has 0 saturated carbocycles. The largest absolute Gasteiger partial charge is 0.359 e. The normalized spacial score (nSPS) is 18.2. The van der Waals surface area contributed by atoms with E-state index in [4.69, 9.17) is 4.74 Å². The van der Waals surface area contributed by atoms with Crippen molar-refractivity contribution in [2.24, 2.45) is 0 Å². The zero-order valence-electron chi connectivity index (χ0n) is 20.4. The van der Waals surface area contributed by atoms with Crippen molar-refractivity contribution in [1.29, 1.82) is 5.26 Å². The van der Waals surface area contributed by atoms with E-state index in [2.05, 4.69) is 89.7 Å². The van der Waals surface area contributed by atoms with E-state index in [0.717, 1.165) is 60.9 Å². The van der Waals surface area contributed by atoms with Gasteiger partial charge in [-0.05, 0) is 54.6 Å². The smallest absolute Gasteiger partial charge is 0.140 e. The van der Waals surface area contributed by atoms with Gasteiger partial charge in [-0.15, -0.1) is 0 Å². The number of benzene rings is 3. The Bertz CT molecular complexity index is 1310. The molecule has 4 aromatic rings. The third kappa shape index (κ3) is 5.00. The zero-order valence-corrected chi connectivity index (χ0v) is 20.4. The molecule has 2 heterocycles. The Morgan fingerprint density at radius 1 is 1.03 bits per heavy atom. The van der Waals surface area contributed by atoms with E-state index in [1.165, 1.54) is 11.1 Å². The number of nitriles is 1. The Kier molecular flexibility index (Phi) is 6.94. The van der Waals surface area contributed by atoms with Gasteiger partial charge in [0.05, 0.1) is 23.3 Å². The van der Waals surface area contributed by atoms with Gasteiger partial charge in [0.2, 0.25) is 0 Å². The van der Waals surface area contributed by atoms with Gasteiger partial charge in [0.25, 0.3) is 0 Å². The fourth-order valence-electron chi connectivity index (χ4n) is 5.44. The van der Waals surface area contributed by atoms with Gasteiger partial charge in [0, 0.05) is 30.5 Å². The maximum Gasteiger partial charge on any atom is 0.140 e. The molecule has 178 valence electrons. The average Bonchev–Trinajstić information content (AvgIpc) is 3.48. The van der Waals surface area contributed by atoms with Crippen molar-refractivity contribution in [3.8, 4) is 6.07 Å². The first kappa shape index (κ1) is 23.3. The summed E-state index contributed by atoms with van der Waals surface area (Å²) in [6.07, 6.45) is 4.80. The molecule has 0 radical (unpaired) electrons. The lowest BCUT2D eigenvalue weighted by molar-refractivity contribution is 0.0723. The van der Waals surface area contributed by atoms with E-state index in [1.54, 1.807) is 0 Å². The summed E-state index contributed by atoms with van der Waals surface area (Å²) in [5, 5.41) is 15.9. The quantitative estimate of drug-likeness (QED) is 0.299. The van der Waals surface area contributed by atoms with Crippen molar-refractivity contribution in [1.82, 2.24) is 14.7 Å². The van der Waals surface area contributed by atoms with Crippen LogP contribution in [0.2, 0.25) is 0 Å². The summed E-state index contributed by atoms with van der Waals surface area (Å²) in [5.41, 5.74) is 5.34. The minimum absolute atomic E-state index is 0.129. The third-order valence-corrected chi connectivity index (χ3v) is 7.10. The van der Waals surface area contributed by atoms with Gasteiger partial charge >= 0.3 is 0 Å². The van der Waals surface area contributed by atoms with Gasteiger partial charge in [-0.2, -0.15) is 10.4 Å². The number of nitrogens with zero attached hydrogens (tertiary/aromatic N) is 4. The molecule has 0 bridgehead atoms. The molecule has 1 atom stereocenters. The van der Waals surface area contributed by atoms with Crippen LogP contribution in [-0.2, 0) is 29.8 Å². The number of fused-ring (bicyclic) bond motifs is 1. The van der Waals surface area contributed by atoms with E-state index in [0.29, 0.717) is 13.3 Å². The van der Waals surface area contributed by atoms with Gasteiger partial charge in [-0.1, -0.05) is 67.6 Å². The number of aromatic nitrogens is 2. The molecule has 0 spiro atoms. The first-order valence-corrected chi connectivity index (χ1v) is 12.5. The van der Waals surface area contributed by atoms with Crippen molar-refractivity contribution in [2.75, 3.05) is 19.7 Å². The fraction of sp³-hybridized carbons (Fsp3) is 0.333. The number of hydrogen-bond donors (Lipinski definition) is 0. The van der Waals surface area contributed by atoms with Crippen LogP contribution in [0, 0.1) is 11.3 Å². The second kappa shape index (κ2) is 10.4. The molecule has 3 aromatic carbocycles. The molecule has 1 saturated heterocycles. The lowest BCUT2D eigenvalue weighted by Crippen LogP contribution is -2.34. The molecule has 1 unspecified atom stereocenters. The minimum Gasteiger partial charge on any atom is -0.359 e. The molecule has 0 aliphatic carbocycles. The molecular weight excluding hydrogens is 432 g/mol. The van der Waals surface area contributed by atoms with E-state index < -0.39 is 0 Å². The Morgan fingerprint density at radius 2 is 1.77 bits per heavy atom. The van der Waals surface area contributed by atoms with Crippen molar-refractivity contribution in [2.45, 2.75) is 44.9 Å². The molecule has 1 aromatic heterocycles. The summed E-state index contributed by atoms with van der Waals surface area (Å²) in [5.74, 6) is 0. The number of likely N-dealkylation sites (tertiary alicyclic amines) is 1. The lowest BCUT2D eigenvalue weighted by atomic mass is 9.73. The highest BCUT2D eigenvalue weighted by Crippen LogP contribution is 2.41. The van der Waals surface area contributed by atoms with Crippen LogP contribution < -0.4 is 0 Å². The first-order chi connectivity index (χ1) is 17.2. The predicted molar refractivity (Wildman–Crippen MR) is 139 cm³/mol. The summed E-state index contributed by atoms with van der Waals surface area (Å²) in [4.78, 5) is 2.53. The topological polar surface area (TPSA) is 54.1 Å². The highest BCUT2D eigenvalue weighted by molar-refractivity contribution is 5.82. The van der Waals surface area contributed by atoms with Gasteiger partial charge in [0.1, 0.15) is 6.73 Å². The Balaban J connectivity index is 1.52. The van der Waals surface area contributed by atoms with Gasteiger partial charge < -0.3 is 4.74 Å². The molecule has 5 heteroatoms. The fourth-order valence-corrected chi connectivity index (χ4v) is 5.44. The summed E-state index contributed by atoms with van der Waals surface area (Å²) >= 11 is 0. The second-order valence-electron chi connectivity index (χ2n) is 9.64. The van der Waals surface area contributed by atoms with Crippen LogP contribution in [0.25, 0.3) is 10.9 Å². The van der Waals surface area contributed by atoms with Crippen LogP contribution in [0.5, 0.6) is 0 Å². The highest BCUT2D eigenvalue weighted by atomic mass is 16.5. The highest BCUT2D eigenvalue weighted by Gasteiger charge is 2.41. The Hall–Kier alpha value is -3.46. The Morgan fingerprint density at radius 3 is 2.49 bits per heavy atom. The van der Waals surface area contributed by atoms with Gasteiger partial charge in [0.15, 0.2) is 0 Å². The molecule has 1 aliphatic rings. The lowest BCUT2D eigenvalue weighted by Gasteiger charge is -2.32. The van der Waals surface area contributed by atoms with Crippen LogP contribution in [0.1, 0.15) is 42.0 Å². The van der Waals surface area contributed by atoms with Crippen LogP contribution in [0.15, 0.2) is 79.0 Å². The van der Waals surface area contributed by atoms with Gasteiger partial charge in [-0.25, -0.2) is 4.68 Å². The molecule has 0 amide bonds. The summed E-state index contributed by atoms with van der Waals surface area (Å²) < 4.78 is 7.58. The SMILES string of the molecule is CCCOCn1ncc2cc(C3(Cc4ccccc4)CCN(Cc4ccccc4)C3)c(C#N)cc21. The number of hydrogen-bond acceptors (Lipinski definition) is 4. The minimum atomic E-state index is -0.129. The molecule has 1 aliphatic heterocycles. The van der Waals surface area contributed by atoms with Crippen molar-refractivity contribution in [3.63, 3.8) is 0 Å². The molecule has 5 nitrogen and oxygen atoms in total. The average molecular weight is 465 g/mol. The zero-order chi connectivity index (χ0) is 24.1. The molecule has 5 rings (SSSR count). The second-order valence-corrected chi connectivity index (χ2v) is 9.64. The maximum atomic E-state index is 10.2. The predicted octanol–water partition coefficient (Wildman–Crippen LogP) is 5.68. The van der Waals surface area contributed by atoms with Crippen LogP contribution in [0.4, 0.5) is 0 Å². The molecule has 35 heavy (non-hydrogen) atoms. The molecule has 0 N–H and O–H groups in total.